The van der Waals surface area contributed by atoms with Crippen molar-refractivity contribution in [3.05, 3.63) is 46.2 Å². The van der Waals surface area contributed by atoms with E-state index in [9.17, 15) is 9.59 Å². The second-order valence-corrected chi connectivity index (χ2v) is 6.69. The molecule has 0 bridgehead atoms. The third kappa shape index (κ3) is 4.03. The van der Waals surface area contributed by atoms with Crippen molar-refractivity contribution in [3.8, 4) is 5.69 Å². The molecule has 0 aliphatic rings. The van der Waals surface area contributed by atoms with Gasteiger partial charge in [-0.15, -0.1) is 0 Å². The summed E-state index contributed by atoms with van der Waals surface area (Å²) in [6.45, 7) is 5.74. The maximum atomic E-state index is 12.8. The average molecular weight is 394 g/mol. The number of carbonyl (C=O) groups is 2. The molecule has 6 nitrogen and oxygen atoms in total. The first kappa shape index (κ1) is 18.2. The first-order chi connectivity index (χ1) is 11.3. The standard InChI is InChI=1S/C17H20BrN3O3/c1-11(2)20(8-7-16(22)23)17(24)15-10-19-21(12(15)3)14-6-4-5-13(18)9-14/h4-6,9-11H,7-8H2,1-3H3,(H,22,23). The van der Waals surface area contributed by atoms with Gasteiger partial charge in [-0.25, -0.2) is 4.68 Å². The van der Waals surface area contributed by atoms with Gasteiger partial charge >= 0.3 is 5.97 Å². The van der Waals surface area contributed by atoms with Gasteiger partial charge in [0.15, 0.2) is 0 Å². The lowest BCUT2D eigenvalue weighted by Gasteiger charge is -2.26. The zero-order valence-electron chi connectivity index (χ0n) is 13.9. The van der Waals surface area contributed by atoms with Crippen molar-refractivity contribution in [3.63, 3.8) is 0 Å². The van der Waals surface area contributed by atoms with Crippen LogP contribution >= 0.6 is 15.9 Å². The molecule has 0 saturated carbocycles. The monoisotopic (exact) mass is 393 g/mol. The molecule has 0 fully saturated rings. The van der Waals surface area contributed by atoms with Crippen molar-refractivity contribution in [1.82, 2.24) is 14.7 Å². The summed E-state index contributed by atoms with van der Waals surface area (Å²) >= 11 is 3.42. The number of rotatable bonds is 6. The van der Waals surface area contributed by atoms with Gasteiger partial charge in [-0.1, -0.05) is 22.0 Å². The minimum atomic E-state index is -0.921. The summed E-state index contributed by atoms with van der Waals surface area (Å²) in [5.41, 5.74) is 2.05. The summed E-state index contributed by atoms with van der Waals surface area (Å²) in [5, 5.41) is 13.2. The molecule has 1 aromatic heterocycles. The Morgan fingerprint density at radius 3 is 2.67 bits per heavy atom. The fraction of sp³-hybridized carbons (Fsp3) is 0.353. The molecule has 0 radical (unpaired) electrons. The first-order valence-corrected chi connectivity index (χ1v) is 8.44. The van der Waals surface area contributed by atoms with E-state index >= 15 is 0 Å². The molecular formula is C17H20BrN3O3. The molecule has 128 valence electrons. The number of aromatic nitrogens is 2. The lowest BCUT2D eigenvalue weighted by atomic mass is 10.2. The summed E-state index contributed by atoms with van der Waals surface area (Å²) in [6, 6.07) is 7.55. The van der Waals surface area contributed by atoms with Crippen molar-refractivity contribution in [2.75, 3.05) is 6.54 Å². The highest BCUT2D eigenvalue weighted by molar-refractivity contribution is 9.10. The molecule has 1 heterocycles. The van der Waals surface area contributed by atoms with E-state index < -0.39 is 5.97 Å². The number of nitrogens with zero attached hydrogens (tertiary/aromatic N) is 3. The minimum Gasteiger partial charge on any atom is -0.481 e. The molecule has 2 rings (SSSR count). The minimum absolute atomic E-state index is 0.0806. The van der Waals surface area contributed by atoms with Crippen LogP contribution in [0.2, 0.25) is 0 Å². The van der Waals surface area contributed by atoms with Gasteiger partial charge in [-0.3, -0.25) is 9.59 Å². The summed E-state index contributed by atoms with van der Waals surface area (Å²) in [7, 11) is 0. The zero-order chi connectivity index (χ0) is 17.9. The number of carboxylic acid groups (broad SMARTS) is 1. The number of benzene rings is 1. The van der Waals surface area contributed by atoms with Crippen molar-refractivity contribution in [2.45, 2.75) is 33.2 Å². The number of carbonyl (C=O) groups excluding carboxylic acids is 1. The summed E-state index contributed by atoms with van der Waals surface area (Å²) < 4.78 is 2.63. The Morgan fingerprint density at radius 1 is 1.38 bits per heavy atom. The number of amides is 1. The van der Waals surface area contributed by atoms with E-state index in [0.717, 1.165) is 15.9 Å². The maximum absolute atomic E-state index is 12.8. The number of carboxylic acids is 1. The number of aliphatic carboxylic acids is 1. The van der Waals surface area contributed by atoms with Crippen LogP contribution in [-0.2, 0) is 4.79 Å². The molecule has 0 saturated heterocycles. The highest BCUT2D eigenvalue weighted by atomic mass is 79.9. The predicted molar refractivity (Wildman–Crippen MR) is 94.4 cm³/mol. The Morgan fingerprint density at radius 2 is 2.08 bits per heavy atom. The van der Waals surface area contributed by atoms with Gasteiger partial charge in [-0.2, -0.15) is 5.10 Å². The first-order valence-electron chi connectivity index (χ1n) is 7.64. The second-order valence-electron chi connectivity index (χ2n) is 5.77. The molecule has 0 aliphatic carbocycles. The van der Waals surface area contributed by atoms with Crippen LogP contribution in [0.5, 0.6) is 0 Å². The Bertz CT molecular complexity index is 755. The van der Waals surface area contributed by atoms with Crippen LogP contribution in [0, 0.1) is 6.92 Å². The van der Waals surface area contributed by atoms with Gasteiger partial charge in [0.2, 0.25) is 0 Å². The van der Waals surface area contributed by atoms with Crippen molar-refractivity contribution in [2.24, 2.45) is 0 Å². The zero-order valence-corrected chi connectivity index (χ0v) is 15.4. The van der Waals surface area contributed by atoms with Crippen LogP contribution < -0.4 is 0 Å². The van der Waals surface area contributed by atoms with Gasteiger partial charge < -0.3 is 10.0 Å². The SMILES string of the molecule is Cc1c(C(=O)N(CCC(=O)O)C(C)C)cnn1-c1cccc(Br)c1. The van der Waals surface area contributed by atoms with Crippen LogP contribution in [0.3, 0.4) is 0 Å². The van der Waals surface area contributed by atoms with Crippen LogP contribution in [0.4, 0.5) is 0 Å². The fourth-order valence-electron chi connectivity index (χ4n) is 2.45. The third-order valence-electron chi connectivity index (χ3n) is 3.74. The van der Waals surface area contributed by atoms with Gasteiger partial charge in [0.25, 0.3) is 5.91 Å². The Balaban J connectivity index is 2.31. The van der Waals surface area contributed by atoms with Crippen LogP contribution in [-0.4, -0.2) is 44.3 Å². The molecule has 1 amide bonds. The highest BCUT2D eigenvalue weighted by Gasteiger charge is 2.23. The number of halogens is 1. The molecular weight excluding hydrogens is 374 g/mol. The number of hydrogen-bond donors (Lipinski definition) is 1. The molecule has 0 aliphatic heterocycles. The fourth-order valence-corrected chi connectivity index (χ4v) is 2.84. The normalized spacial score (nSPS) is 10.9. The quantitative estimate of drug-likeness (QED) is 0.816. The van der Waals surface area contributed by atoms with Gasteiger partial charge in [-0.05, 0) is 39.0 Å². The predicted octanol–water partition coefficient (Wildman–Crippen LogP) is 3.27. The van der Waals surface area contributed by atoms with E-state index in [1.54, 1.807) is 9.58 Å². The highest BCUT2D eigenvalue weighted by Crippen LogP contribution is 2.20. The van der Waals surface area contributed by atoms with Crippen molar-refractivity contribution >= 4 is 27.8 Å². The number of hydrogen-bond acceptors (Lipinski definition) is 3. The molecule has 0 spiro atoms. The Hall–Kier alpha value is -2.15. The molecule has 24 heavy (non-hydrogen) atoms. The van der Waals surface area contributed by atoms with E-state index in [1.165, 1.54) is 6.20 Å². The Kier molecular flexibility index (Phi) is 5.77. The molecule has 2 aromatic rings. The van der Waals surface area contributed by atoms with Crippen molar-refractivity contribution < 1.29 is 14.7 Å². The van der Waals surface area contributed by atoms with E-state index in [-0.39, 0.29) is 24.9 Å². The Labute approximate surface area is 149 Å². The van der Waals surface area contributed by atoms with E-state index in [0.29, 0.717) is 5.56 Å². The lowest BCUT2D eigenvalue weighted by molar-refractivity contribution is -0.137. The lowest BCUT2D eigenvalue weighted by Crippen LogP contribution is -2.38. The summed E-state index contributed by atoms with van der Waals surface area (Å²) in [4.78, 5) is 25.2. The molecule has 1 N–H and O–H groups in total. The van der Waals surface area contributed by atoms with Crippen molar-refractivity contribution in [1.29, 1.82) is 0 Å². The topological polar surface area (TPSA) is 75.4 Å². The van der Waals surface area contributed by atoms with Crippen LogP contribution in [0.25, 0.3) is 5.69 Å². The van der Waals surface area contributed by atoms with Gasteiger partial charge in [0.05, 0.1) is 29.6 Å². The van der Waals surface area contributed by atoms with E-state index in [1.807, 2.05) is 45.0 Å². The van der Waals surface area contributed by atoms with Crippen LogP contribution in [0.1, 0.15) is 36.3 Å². The van der Waals surface area contributed by atoms with Crippen LogP contribution in [0.15, 0.2) is 34.9 Å². The maximum Gasteiger partial charge on any atom is 0.305 e. The third-order valence-corrected chi connectivity index (χ3v) is 4.24. The summed E-state index contributed by atoms with van der Waals surface area (Å²) in [6.07, 6.45) is 1.46. The van der Waals surface area contributed by atoms with Gasteiger partial charge in [0.1, 0.15) is 0 Å². The summed E-state index contributed by atoms with van der Waals surface area (Å²) in [5.74, 6) is -1.13. The van der Waals surface area contributed by atoms with E-state index in [2.05, 4.69) is 21.0 Å². The average Bonchev–Trinajstić information content (AvgIpc) is 2.88. The molecule has 0 atom stereocenters. The smallest absolute Gasteiger partial charge is 0.305 e. The second kappa shape index (κ2) is 7.61. The van der Waals surface area contributed by atoms with E-state index in [4.69, 9.17) is 5.11 Å². The van der Waals surface area contributed by atoms with Gasteiger partial charge in [0, 0.05) is 17.1 Å². The largest absolute Gasteiger partial charge is 0.481 e. The molecule has 7 heteroatoms. The molecule has 1 aromatic carbocycles. The molecule has 0 unspecified atom stereocenters.